The first-order valence-electron chi connectivity index (χ1n) is 5.86. The lowest BCUT2D eigenvalue weighted by molar-refractivity contribution is 0.387. The molecule has 0 amide bonds. The summed E-state index contributed by atoms with van der Waals surface area (Å²) in [4.78, 5) is 0. The number of rotatable bonds is 3. The normalized spacial score (nSPS) is 10.5. The SMILES string of the molecule is Cc1ccc(Nc2c(F)c(F)cc(C)c2NO)c(F)c1. The largest absolute Gasteiger partial charge is 0.349 e. The van der Waals surface area contributed by atoms with Gasteiger partial charge in [0, 0.05) is 0 Å². The first-order valence-corrected chi connectivity index (χ1v) is 5.86. The number of aryl methyl sites for hydroxylation is 2. The molecule has 20 heavy (non-hydrogen) atoms. The molecule has 0 aliphatic heterocycles. The fourth-order valence-corrected chi connectivity index (χ4v) is 1.87. The third kappa shape index (κ3) is 2.55. The topological polar surface area (TPSA) is 44.3 Å². The fourth-order valence-electron chi connectivity index (χ4n) is 1.87. The summed E-state index contributed by atoms with van der Waals surface area (Å²) in [7, 11) is 0. The average Bonchev–Trinajstić information content (AvgIpc) is 2.38. The van der Waals surface area contributed by atoms with Crippen molar-refractivity contribution in [3.8, 4) is 0 Å². The number of benzene rings is 2. The van der Waals surface area contributed by atoms with E-state index in [0.29, 0.717) is 5.56 Å². The van der Waals surface area contributed by atoms with Crippen LogP contribution in [0.5, 0.6) is 0 Å². The van der Waals surface area contributed by atoms with Gasteiger partial charge in [0.25, 0.3) is 0 Å². The molecule has 0 unspecified atom stereocenters. The monoisotopic (exact) mass is 282 g/mol. The molecule has 0 aliphatic carbocycles. The molecule has 3 N–H and O–H groups in total. The van der Waals surface area contributed by atoms with Gasteiger partial charge < -0.3 is 5.32 Å². The maximum Gasteiger partial charge on any atom is 0.184 e. The van der Waals surface area contributed by atoms with Crippen LogP contribution in [0.25, 0.3) is 0 Å². The smallest absolute Gasteiger partial charge is 0.184 e. The van der Waals surface area contributed by atoms with E-state index in [-0.39, 0.29) is 22.6 Å². The van der Waals surface area contributed by atoms with E-state index in [2.05, 4.69) is 5.32 Å². The average molecular weight is 282 g/mol. The second kappa shape index (κ2) is 5.42. The van der Waals surface area contributed by atoms with Gasteiger partial charge in [-0.05, 0) is 43.2 Å². The maximum atomic E-state index is 13.8. The van der Waals surface area contributed by atoms with E-state index in [0.717, 1.165) is 6.07 Å². The van der Waals surface area contributed by atoms with Gasteiger partial charge in [0.05, 0.1) is 11.4 Å². The summed E-state index contributed by atoms with van der Waals surface area (Å²) in [5.41, 5.74) is 2.35. The summed E-state index contributed by atoms with van der Waals surface area (Å²) in [6.07, 6.45) is 0. The van der Waals surface area contributed by atoms with E-state index >= 15 is 0 Å². The van der Waals surface area contributed by atoms with Crippen LogP contribution < -0.4 is 10.8 Å². The van der Waals surface area contributed by atoms with E-state index < -0.39 is 17.5 Å². The minimum atomic E-state index is -1.20. The van der Waals surface area contributed by atoms with Crippen molar-refractivity contribution in [1.29, 1.82) is 0 Å². The predicted molar refractivity (Wildman–Crippen MR) is 70.9 cm³/mol. The zero-order valence-electron chi connectivity index (χ0n) is 10.9. The Balaban J connectivity index is 2.52. The number of hydrogen-bond donors (Lipinski definition) is 3. The van der Waals surface area contributed by atoms with Crippen LogP contribution in [0.3, 0.4) is 0 Å². The van der Waals surface area contributed by atoms with E-state index in [1.165, 1.54) is 19.1 Å². The zero-order chi connectivity index (χ0) is 14.9. The Morgan fingerprint density at radius 2 is 1.65 bits per heavy atom. The number of hydrogen-bond acceptors (Lipinski definition) is 3. The minimum absolute atomic E-state index is 0.0176. The molecule has 0 radical (unpaired) electrons. The van der Waals surface area contributed by atoms with Crippen LogP contribution in [-0.4, -0.2) is 5.21 Å². The van der Waals surface area contributed by atoms with Gasteiger partial charge >= 0.3 is 0 Å². The first-order chi connectivity index (χ1) is 9.43. The molecule has 2 aromatic rings. The molecule has 0 heterocycles. The lowest BCUT2D eigenvalue weighted by Gasteiger charge is -2.15. The summed E-state index contributed by atoms with van der Waals surface area (Å²) < 4.78 is 41.0. The van der Waals surface area contributed by atoms with Gasteiger partial charge in [0.2, 0.25) is 0 Å². The molecule has 0 atom stereocenters. The molecule has 0 bridgehead atoms. The maximum absolute atomic E-state index is 13.8. The third-order valence-electron chi connectivity index (χ3n) is 2.91. The van der Waals surface area contributed by atoms with E-state index in [4.69, 9.17) is 5.21 Å². The van der Waals surface area contributed by atoms with Crippen LogP contribution in [0.1, 0.15) is 11.1 Å². The Hall–Kier alpha value is -2.21. The standard InChI is InChI=1S/C14H13F3N2O/c1-7-3-4-11(9(15)5-7)18-14-12(17)10(16)6-8(2)13(14)19-20/h3-6,18-20H,1-2H3. The molecule has 0 aliphatic rings. The Morgan fingerprint density at radius 3 is 2.25 bits per heavy atom. The quantitative estimate of drug-likeness (QED) is 0.737. The van der Waals surface area contributed by atoms with Crippen LogP contribution in [0.4, 0.5) is 30.2 Å². The Labute approximate surface area is 114 Å². The molecular formula is C14H13F3N2O. The summed E-state index contributed by atoms with van der Waals surface area (Å²) >= 11 is 0. The lowest BCUT2D eigenvalue weighted by Crippen LogP contribution is -2.05. The molecule has 0 fully saturated rings. The predicted octanol–water partition coefficient (Wildman–Crippen LogP) is 4.27. The highest BCUT2D eigenvalue weighted by molar-refractivity contribution is 5.77. The van der Waals surface area contributed by atoms with Crippen molar-refractivity contribution >= 4 is 17.1 Å². The number of anilines is 3. The second-order valence-corrected chi connectivity index (χ2v) is 4.46. The highest BCUT2D eigenvalue weighted by Gasteiger charge is 2.17. The Bertz CT molecular complexity index is 659. The van der Waals surface area contributed by atoms with Gasteiger partial charge in [0.15, 0.2) is 11.6 Å². The van der Waals surface area contributed by atoms with Gasteiger partial charge in [-0.3, -0.25) is 10.7 Å². The number of halogens is 3. The molecule has 2 rings (SSSR count). The van der Waals surface area contributed by atoms with Crippen molar-refractivity contribution in [3.05, 3.63) is 52.8 Å². The summed E-state index contributed by atoms with van der Waals surface area (Å²) in [5.74, 6) is -2.89. The Kier molecular flexibility index (Phi) is 3.85. The fraction of sp³-hybridized carbons (Fsp3) is 0.143. The minimum Gasteiger partial charge on any atom is -0.349 e. The Morgan fingerprint density at radius 1 is 0.950 bits per heavy atom. The molecule has 0 saturated carbocycles. The van der Waals surface area contributed by atoms with Crippen molar-refractivity contribution in [2.24, 2.45) is 0 Å². The summed E-state index contributed by atoms with van der Waals surface area (Å²) in [5, 5.41) is 11.5. The van der Waals surface area contributed by atoms with Crippen molar-refractivity contribution < 1.29 is 18.4 Å². The summed E-state index contributed by atoms with van der Waals surface area (Å²) in [6, 6.07) is 5.23. The zero-order valence-corrected chi connectivity index (χ0v) is 10.9. The van der Waals surface area contributed by atoms with E-state index in [1.54, 1.807) is 18.5 Å². The number of nitrogens with one attached hydrogen (secondary N) is 2. The molecule has 0 spiro atoms. The second-order valence-electron chi connectivity index (χ2n) is 4.46. The molecule has 0 saturated heterocycles. The summed E-state index contributed by atoms with van der Waals surface area (Å²) in [6.45, 7) is 3.19. The van der Waals surface area contributed by atoms with Crippen LogP contribution in [-0.2, 0) is 0 Å². The van der Waals surface area contributed by atoms with E-state index in [9.17, 15) is 13.2 Å². The highest BCUT2D eigenvalue weighted by atomic mass is 19.2. The van der Waals surface area contributed by atoms with Gasteiger partial charge in [-0.25, -0.2) is 13.2 Å². The van der Waals surface area contributed by atoms with Gasteiger partial charge in [-0.15, -0.1) is 0 Å². The van der Waals surface area contributed by atoms with Crippen LogP contribution in [0, 0.1) is 31.3 Å². The van der Waals surface area contributed by atoms with Crippen molar-refractivity contribution in [3.63, 3.8) is 0 Å². The molecule has 106 valence electrons. The van der Waals surface area contributed by atoms with Crippen molar-refractivity contribution in [2.75, 3.05) is 10.8 Å². The van der Waals surface area contributed by atoms with Gasteiger partial charge in [-0.2, -0.15) is 0 Å². The molecule has 2 aromatic carbocycles. The van der Waals surface area contributed by atoms with Crippen LogP contribution in [0.2, 0.25) is 0 Å². The lowest BCUT2D eigenvalue weighted by atomic mass is 10.1. The van der Waals surface area contributed by atoms with Gasteiger partial charge in [0.1, 0.15) is 11.5 Å². The van der Waals surface area contributed by atoms with Gasteiger partial charge in [-0.1, -0.05) is 6.07 Å². The van der Waals surface area contributed by atoms with Crippen LogP contribution >= 0.6 is 0 Å². The van der Waals surface area contributed by atoms with E-state index in [1.807, 2.05) is 0 Å². The van der Waals surface area contributed by atoms with Crippen molar-refractivity contribution in [2.45, 2.75) is 13.8 Å². The molecule has 0 aromatic heterocycles. The molecule has 6 heteroatoms. The first kappa shape index (κ1) is 14.2. The molecule has 3 nitrogen and oxygen atoms in total. The van der Waals surface area contributed by atoms with Crippen LogP contribution in [0.15, 0.2) is 24.3 Å². The van der Waals surface area contributed by atoms with Crippen molar-refractivity contribution in [1.82, 2.24) is 0 Å². The molecular weight excluding hydrogens is 269 g/mol. The third-order valence-corrected chi connectivity index (χ3v) is 2.91. The highest BCUT2D eigenvalue weighted by Crippen LogP contribution is 2.33.